The smallest absolute Gasteiger partial charge is 0.221 e. The first-order chi connectivity index (χ1) is 8.13. The average Bonchev–Trinajstić information content (AvgIpc) is 2.29. The Morgan fingerprint density at radius 2 is 2.24 bits per heavy atom. The summed E-state index contributed by atoms with van der Waals surface area (Å²) in [7, 11) is 0. The summed E-state index contributed by atoms with van der Waals surface area (Å²) in [6.07, 6.45) is 0.520. The predicted octanol–water partition coefficient (Wildman–Crippen LogP) is 2.63. The molecule has 1 aromatic carbocycles. The van der Waals surface area contributed by atoms with Crippen LogP contribution in [-0.2, 0) is 4.79 Å². The van der Waals surface area contributed by atoms with Crippen molar-refractivity contribution >= 4 is 21.8 Å². The average molecular weight is 299 g/mol. The molecule has 0 spiro atoms. The van der Waals surface area contributed by atoms with E-state index in [1.165, 1.54) is 0 Å². The molecule has 0 unspecified atom stereocenters. The van der Waals surface area contributed by atoms with Crippen LogP contribution in [-0.4, -0.2) is 19.0 Å². The van der Waals surface area contributed by atoms with Crippen molar-refractivity contribution in [3.05, 3.63) is 34.3 Å². The van der Waals surface area contributed by atoms with Gasteiger partial charge in [0.05, 0.1) is 6.04 Å². The van der Waals surface area contributed by atoms with Crippen LogP contribution in [0.3, 0.4) is 0 Å². The zero-order valence-corrected chi connectivity index (χ0v) is 11.9. The van der Waals surface area contributed by atoms with Crippen LogP contribution in [0.1, 0.15) is 31.9 Å². The highest BCUT2D eigenvalue weighted by Crippen LogP contribution is 2.17. The van der Waals surface area contributed by atoms with Crippen LogP contribution in [0.5, 0.6) is 0 Å². The molecular formula is C13H19BrN2O. The van der Waals surface area contributed by atoms with E-state index in [2.05, 4.69) is 26.6 Å². The first kappa shape index (κ1) is 14.2. The molecule has 2 N–H and O–H groups in total. The van der Waals surface area contributed by atoms with Crippen LogP contribution >= 0.6 is 15.9 Å². The number of rotatable bonds is 6. The molecule has 17 heavy (non-hydrogen) atoms. The fourth-order valence-electron chi connectivity index (χ4n) is 1.55. The summed E-state index contributed by atoms with van der Waals surface area (Å²) in [6, 6.07) is 8.03. The van der Waals surface area contributed by atoms with Crippen LogP contribution in [0.15, 0.2) is 28.7 Å². The summed E-state index contributed by atoms with van der Waals surface area (Å²) in [4.78, 5) is 11.6. The minimum Gasteiger partial charge on any atom is -0.350 e. The van der Waals surface area contributed by atoms with Gasteiger partial charge in [-0.25, -0.2) is 0 Å². The topological polar surface area (TPSA) is 41.1 Å². The van der Waals surface area contributed by atoms with Crippen molar-refractivity contribution in [2.45, 2.75) is 26.3 Å². The van der Waals surface area contributed by atoms with Crippen molar-refractivity contribution < 1.29 is 4.79 Å². The largest absolute Gasteiger partial charge is 0.350 e. The van der Waals surface area contributed by atoms with Gasteiger partial charge in [-0.1, -0.05) is 35.0 Å². The molecular weight excluding hydrogens is 280 g/mol. The second-order valence-corrected chi connectivity index (χ2v) is 4.86. The maximum atomic E-state index is 11.6. The number of halogens is 1. The highest BCUT2D eigenvalue weighted by atomic mass is 79.9. The Balaban J connectivity index is 2.43. The Morgan fingerprint density at radius 3 is 2.88 bits per heavy atom. The molecule has 0 saturated carbocycles. The van der Waals surface area contributed by atoms with Crippen molar-refractivity contribution in [2.75, 3.05) is 13.1 Å². The Labute approximate surface area is 111 Å². The SMILES string of the molecule is CCNCCC(=O)N[C@H](C)c1cccc(Br)c1. The Morgan fingerprint density at radius 1 is 1.47 bits per heavy atom. The van der Waals surface area contributed by atoms with Crippen molar-refractivity contribution in [1.29, 1.82) is 0 Å². The number of amides is 1. The van der Waals surface area contributed by atoms with E-state index < -0.39 is 0 Å². The lowest BCUT2D eigenvalue weighted by Crippen LogP contribution is -2.29. The summed E-state index contributed by atoms with van der Waals surface area (Å²) in [5.41, 5.74) is 1.11. The summed E-state index contributed by atoms with van der Waals surface area (Å²) < 4.78 is 1.03. The van der Waals surface area contributed by atoms with E-state index in [1.807, 2.05) is 38.1 Å². The van der Waals surface area contributed by atoms with Crippen molar-refractivity contribution in [2.24, 2.45) is 0 Å². The number of hydrogen-bond acceptors (Lipinski definition) is 2. The zero-order valence-electron chi connectivity index (χ0n) is 10.3. The molecule has 0 aromatic heterocycles. The summed E-state index contributed by atoms with van der Waals surface area (Å²) in [6.45, 7) is 5.65. The van der Waals surface area contributed by atoms with Gasteiger partial charge < -0.3 is 10.6 Å². The van der Waals surface area contributed by atoms with E-state index in [4.69, 9.17) is 0 Å². The monoisotopic (exact) mass is 298 g/mol. The Bertz CT molecular complexity index is 368. The molecule has 94 valence electrons. The number of carbonyl (C=O) groups is 1. The Hall–Kier alpha value is -0.870. The van der Waals surface area contributed by atoms with Crippen LogP contribution in [0.4, 0.5) is 0 Å². The summed E-state index contributed by atoms with van der Waals surface area (Å²) in [5, 5.41) is 6.12. The van der Waals surface area contributed by atoms with Crippen LogP contribution < -0.4 is 10.6 Å². The maximum absolute atomic E-state index is 11.6. The van der Waals surface area contributed by atoms with Gasteiger partial charge in [0, 0.05) is 17.4 Å². The summed E-state index contributed by atoms with van der Waals surface area (Å²) in [5.74, 6) is 0.0819. The molecule has 0 radical (unpaired) electrons. The van der Waals surface area contributed by atoms with Crippen molar-refractivity contribution in [1.82, 2.24) is 10.6 Å². The lowest BCUT2D eigenvalue weighted by atomic mass is 10.1. The third kappa shape index (κ3) is 5.33. The van der Waals surface area contributed by atoms with Crippen LogP contribution in [0.25, 0.3) is 0 Å². The molecule has 0 bridgehead atoms. The third-order valence-corrected chi connectivity index (χ3v) is 3.00. The van der Waals surface area contributed by atoms with E-state index in [0.717, 1.165) is 23.1 Å². The molecule has 4 heteroatoms. The number of nitrogens with one attached hydrogen (secondary N) is 2. The molecule has 0 aliphatic heterocycles. The maximum Gasteiger partial charge on any atom is 0.221 e. The lowest BCUT2D eigenvalue weighted by Gasteiger charge is -2.14. The number of hydrogen-bond donors (Lipinski definition) is 2. The highest BCUT2D eigenvalue weighted by Gasteiger charge is 2.09. The van der Waals surface area contributed by atoms with Crippen LogP contribution in [0.2, 0.25) is 0 Å². The lowest BCUT2D eigenvalue weighted by molar-refractivity contribution is -0.121. The third-order valence-electron chi connectivity index (χ3n) is 2.51. The van der Waals surface area contributed by atoms with Gasteiger partial charge in [-0.05, 0) is 31.2 Å². The molecule has 0 saturated heterocycles. The second-order valence-electron chi connectivity index (χ2n) is 3.95. The highest BCUT2D eigenvalue weighted by molar-refractivity contribution is 9.10. The number of benzene rings is 1. The molecule has 3 nitrogen and oxygen atoms in total. The fraction of sp³-hybridized carbons (Fsp3) is 0.462. The van der Waals surface area contributed by atoms with E-state index in [9.17, 15) is 4.79 Å². The fourth-order valence-corrected chi connectivity index (χ4v) is 1.97. The molecule has 1 aromatic rings. The van der Waals surface area contributed by atoms with E-state index in [0.29, 0.717) is 6.42 Å². The minimum atomic E-state index is 0.0432. The van der Waals surface area contributed by atoms with Gasteiger partial charge in [0.2, 0.25) is 5.91 Å². The molecule has 0 heterocycles. The quantitative estimate of drug-likeness (QED) is 0.793. The molecule has 0 aliphatic carbocycles. The van der Waals surface area contributed by atoms with Gasteiger partial charge in [0.15, 0.2) is 0 Å². The van der Waals surface area contributed by atoms with Crippen molar-refractivity contribution in [3.8, 4) is 0 Å². The second kappa shape index (κ2) is 7.45. The van der Waals surface area contributed by atoms with E-state index in [-0.39, 0.29) is 11.9 Å². The first-order valence-corrected chi connectivity index (χ1v) is 6.68. The normalized spacial score (nSPS) is 12.2. The van der Waals surface area contributed by atoms with Gasteiger partial charge in [-0.3, -0.25) is 4.79 Å². The summed E-state index contributed by atoms with van der Waals surface area (Å²) >= 11 is 3.43. The van der Waals surface area contributed by atoms with Crippen molar-refractivity contribution in [3.63, 3.8) is 0 Å². The Kier molecular flexibility index (Phi) is 6.22. The van der Waals surface area contributed by atoms with Gasteiger partial charge in [0.1, 0.15) is 0 Å². The van der Waals surface area contributed by atoms with Crippen LogP contribution in [0, 0.1) is 0 Å². The predicted molar refractivity (Wildman–Crippen MR) is 73.9 cm³/mol. The molecule has 1 rings (SSSR count). The standard InChI is InChI=1S/C13H19BrN2O/c1-3-15-8-7-13(17)16-10(2)11-5-4-6-12(14)9-11/h4-6,9-10,15H,3,7-8H2,1-2H3,(H,16,17)/t10-/m1/s1. The van der Waals surface area contributed by atoms with Gasteiger partial charge in [0.25, 0.3) is 0 Å². The zero-order chi connectivity index (χ0) is 12.7. The molecule has 1 amide bonds. The van der Waals surface area contributed by atoms with E-state index >= 15 is 0 Å². The first-order valence-electron chi connectivity index (χ1n) is 5.89. The number of carbonyl (C=O) groups excluding carboxylic acids is 1. The molecule has 0 fully saturated rings. The van der Waals surface area contributed by atoms with Gasteiger partial charge in [-0.15, -0.1) is 0 Å². The molecule has 1 atom stereocenters. The minimum absolute atomic E-state index is 0.0432. The molecule has 0 aliphatic rings. The van der Waals surface area contributed by atoms with E-state index in [1.54, 1.807) is 0 Å². The van der Waals surface area contributed by atoms with Gasteiger partial charge in [-0.2, -0.15) is 0 Å². The van der Waals surface area contributed by atoms with Gasteiger partial charge >= 0.3 is 0 Å².